The van der Waals surface area contributed by atoms with Crippen molar-refractivity contribution in [2.45, 2.75) is 65.0 Å². The lowest BCUT2D eigenvalue weighted by Gasteiger charge is -2.25. The fraction of sp³-hybridized carbons (Fsp3) is 0.591. The van der Waals surface area contributed by atoms with E-state index in [9.17, 15) is 0 Å². The van der Waals surface area contributed by atoms with Gasteiger partial charge in [0.1, 0.15) is 18.2 Å². The molecule has 0 amide bonds. The molecule has 0 aliphatic carbocycles. The number of aliphatic imine (C=N–C) groups is 1. The minimum Gasteiger partial charge on any atom is -0.491 e. The molecule has 1 aromatic heterocycles. The van der Waals surface area contributed by atoms with E-state index in [0.717, 1.165) is 49.2 Å². The number of ether oxygens (including phenoxy) is 1. The number of nitrogens with one attached hydrogen (secondary N) is 2. The van der Waals surface area contributed by atoms with Gasteiger partial charge in [0.15, 0.2) is 11.8 Å². The van der Waals surface area contributed by atoms with Crippen LogP contribution >= 0.6 is 0 Å². The summed E-state index contributed by atoms with van der Waals surface area (Å²) in [5.41, 5.74) is 1.28. The molecule has 158 valence electrons. The van der Waals surface area contributed by atoms with Crippen molar-refractivity contribution in [2.24, 2.45) is 4.99 Å². The van der Waals surface area contributed by atoms with Crippen LogP contribution in [0.2, 0.25) is 0 Å². The van der Waals surface area contributed by atoms with Crippen LogP contribution in [0, 0.1) is 0 Å². The number of hydrogen-bond acceptors (Lipinski definition) is 4. The number of rotatable bonds is 6. The van der Waals surface area contributed by atoms with Gasteiger partial charge in [-0.05, 0) is 23.5 Å². The lowest BCUT2D eigenvalue weighted by molar-refractivity contribution is 0.312. The average molecular weight is 399 g/mol. The Kier molecular flexibility index (Phi) is 6.77. The van der Waals surface area contributed by atoms with Crippen molar-refractivity contribution in [1.29, 1.82) is 0 Å². The number of aromatic nitrogens is 3. The molecule has 0 saturated heterocycles. The Labute approximate surface area is 174 Å². The SMILES string of the molecule is CCc1nc2n(n1)CC(NC(=NC)NCCOc1ccccc1C(C)(C)C)CC2. The molecule has 0 bridgehead atoms. The van der Waals surface area contributed by atoms with Crippen LogP contribution in [0.3, 0.4) is 0 Å². The molecule has 7 heteroatoms. The normalized spacial score (nSPS) is 17.0. The maximum absolute atomic E-state index is 6.04. The Hall–Kier alpha value is -2.57. The Morgan fingerprint density at radius 1 is 1.31 bits per heavy atom. The first-order valence-electron chi connectivity index (χ1n) is 10.5. The van der Waals surface area contributed by atoms with E-state index in [1.54, 1.807) is 7.05 Å². The van der Waals surface area contributed by atoms with Crippen LogP contribution in [0.1, 0.15) is 51.3 Å². The van der Waals surface area contributed by atoms with Gasteiger partial charge < -0.3 is 15.4 Å². The lowest BCUT2D eigenvalue weighted by Crippen LogP contribution is -2.47. The highest BCUT2D eigenvalue weighted by atomic mass is 16.5. The molecule has 0 radical (unpaired) electrons. The van der Waals surface area contributed by atoms with Crippen molar-refractivity contribution in [3.05, 3.63) is 41.5 Å². The van der Waals surface area contributed by atoms with Crippen molar-refractivity contribution in [2.75, 3.05) is 20.2 Å². The summed E-state index contributed by atoms with van der Waals surface area (Å²) in [5.74, 6) is 3.76. The molecule has 2 N–H and O–H groups in total. The summed E-state index contributed by atoms with van der Waals surface area (Å²) in [5, 5.41) is 11.4. The minimum atomic E-state index is 0.0560. The zero-order valence-electron chi connectivity index (χ0n) is 18.3. The zero-order chi connectivity index (χ0) is 20.9. The van der Waals surface area contributed by atoms with E-state index >= 15 is 0 Å². The summed E-state index contributed by atoms with van der Waals surface area (Å²) in [6.45, 7) is 10.8. The van der Waals surface area contributed by atoms with Crippen LogP contribution in [0.4, 0.5) is 0 Å². The van der Waals surface area contributed by atoms with Crippen molar-refractivity contribution >= 4 is 5.96 Å². The molecule has 1 unspecified atom stereocenters. The van der Waals surface area contributed by atoms with E-state index in [0.29, 0.717) is 19.2 Å². The van der Waals surface area contributed by atoms with Crippen LogP contribution in [-0.4, -0.2) is 47.0 Å². The average Bonchev–Trinajstić information content (AvgIpc) is 3.12. The van der Waals surface area contributed by atoms with E-state index in [1.165, 1.54) is 5.56 Å². The lowest BCUT2D eigenvalue weighted by atomic mass is 9.86. The quantitative estimate of drug-likeness (QED) is 0.444. The number of hydrogen-bond donors (Lipinski definition) is 2. The zero-order valence-corrected chi connectivity index (χ0v) is 18.3. The summed E-state index contributed by atoms with van der Waals surface area (Å²) >= 11 is 0. The van der Waals surface area contributed by atoms with Crippen molar-refractivity contribution in [3.8, 4) is 5.75 Å². The van der Waals surface area contributed by atoms with Crippen molar-refractivity contribution in [1.82, 2.24) is 25.4 Å². The Balaban J connectivity index is 1.47. The molecular formula is C22H34N6O. The van der Waals surface area contributed by atoms with Gasteiger partial charge in [-0.2, -0.15) is 5.10 Å². The number of guanidine groups is 1. The van der Waals surface area contributed by atoms with E-state index in [-0.39, 0.29) is 5.41 Å². The molecule has 1 aromatic carbocycles. The van der Waals surface area contributed by atoms with Gasteiger partial charge in [-0.15, -0.1) is 0 Å². The molecule has 2 aromatic rings. The highest BCUT2D eigenvalue weighted by Gasteiger charge is 2.22. The maximum Gasteiger partial charge on any atom is 0.191 e. The van der Waals surface area contributed by atoms with Crippen LogP contribution in [0.25, 0.3) is 0 Å². The standard InChI is InChI=1S/C22H34N6O/c1-6-19-26-20-12-11-16(15-28(20)27-19)25-21(23-5)24-13-14-29-18-10-8-7-9-17(18)22(2,3)4/h7-10,16H,6,11-15H2,1-5H3,(H2,23,24,25). The summed E-state index contributed by atoms with van der Waals surface area (Å²) in [6, 6.07) is 8.54. The fourth-order valence-electron chi connectivity index (χ4n) is 3.56. The second-order valence-electron chi connectivity index (χ2n) is 8.45. The third-order valence-corrected chi connectivity index (χ3v) is 5.13. The molecule has 2 heterocycles. The molecule has 0 spiro atoms. The molecule has 0 saturated carbocycles. The van der Waals surface area contributed by atoms with Gasteiger partial charge in [0.05, 0.1) is 13.1 Å². The van der Waals surface area contributed by atoms with E-state index in [1.807, 2.05) is 16.8 Å². The summed E-state index contributed by atoms with van der Waals surface area (Å²) in [6.07, 6.45) is 2.84. The van der Waals surface area contributed by atoms with Gasteiger partial charge in [-0.1, -0.05) is 45.9 Å². The van der Waals surface area contributed by atoms with E-state index < -0.39 is 0 Å². The number of nitrogens with zero attached hydrogens (tertiary/aromatic N) is 4. The monoisotopic (exact) mass is 398 g/mol. The topological polar surface area (TPSA) is 76.4 Å². The predicted molar refractivity (Wildman–Crippen MR) is 117 cm³/mol. The van der Waals surface area contributed by atoms with E-state index in [4.69, 9.17) is 4.74 Å². The van der Waals surface area contributed by atoms with Crippen molar-refractivity contribution < 1.29 is 4.74 Å². The largest absolute Gasteiger partial charge is 0.491 e. The Morgan fingerprint density at radius 3 is 2.83 bits per heavy atom. The second-order valence-corrected chi connectivity index (χ2v) is 8.45. The molecular weight excluding hydrogens is 364 g/mol. The summed E-state index contributed by atoms with van der Waals surface area (Å²) in [4.78, 5) is 8.93. The van der Waals surface area contributed by atoms with E-state index in [2.05, 4.69) is 65.5 Å². The summed E-state index contributed by atoms with van der Waals surface area (Å²) in [7, 11) is 1.80. The molecule has 29 heavy (non-hydrogen) atoms. The van der Waals surface area contributed by atoms with Gasteiger partial charge in [-0.3, -0.25) is 4.99 Å². The smallest absolute Gasteiger partial charge is 0.191 e. The number of fused-ring (bicyclic) bond motifs is 1. The molecule has 0 fully saturated rings. The minimum absolute atomic E-state index is 0.0560. The number of para-hydroxylation sites is 1. The van der Waals surface area contributed by atoms with Crippen LogP contribution in [0.5, 0.6) is 5.75 Å². The third-order valence-electron chi connectivity index (χ3n) is 5.13. The first kappa shape index (κ1) is 21.1. The molecule has 1 aliphatic heterocycles. The maximum atomic E-state index is 6.04. The Morgan fingerprint density at radius 2 is 2.10 bits per heavy atom. The van der Waals surface area contributed by atoms with Gasteiger partial charge in [-0.25, -0.2) is 9.67 Å². The fourth-order valence-corrected chi connectivity index (χ4v) is 3.56. The first-order chi connectivity index (χ1) is 13.9. The number of benzene rings is 1. The molecule has 3 rings (SSSR count). The summed E-state index contributed by atoms with van der Waals surface area (Å²) < 4.78 is 8.07. The molecule has 1 aliphatic rings. The third kappa shape index (κ3) is 5.49. The highest BCUT2D eigenvalue weighted by Crippen LogP contribution is 2.30. The predicted octanol–water partition coefficient (Wildman–Crippen LogP) is 2.70. The first-order valence-corrected chi connectivity index (χ1v) is 10.5. The second kappa shape index (κ2) is 9.29. The van der Waals surface area contributed by atoms with Gasteiger partial charge >= 0.3 is 0 Å². The van der Waals surface area contributed by atoms with Crippen molar-refractivity contribution in [3.63, 3.8) is 0 Å². The van der Waals surface area contributed by atoms with Crippen LogP contribution in [-0.2, 0) is 24.8 Å². The Bertz CT molecular complexity index is 836. The molecule has 7 nitrogen and oxygen atoms in total. The van der Waals surface area contributed by atoms with Gasteiger partial charge in [0, 0.05) is 25.9 Å². The van der Waals surface area contributed by atoms with Crippen LogP contribution < -0.4 is 15.4 Å². The number of aryl methyl sites for hydroxylation is 2. The van der Waals surface area contributed by atoms with Gasteiger partial charge in [0.2, 0.25) is 0 Å². The molecule has 1 atom stereocenters. The van der Waals surface area contributed by atoms with Gasteiger partial charge in [0.25, 0.3) is 0 Å². The van der Waals surface area contributed by atoms with Crippen LogP contribution in [0.15, 0.2) is 29.3 Å². The highest BCUT2D eigenvalue weighted by molar-refractivity contribution is 5.79.